The van der Waals surface area contributed by atoms with Crippen molar-refractivity contribution in [1.82, 2.24) is 5.01 Å². The maximum absolute atomic E-state index is 11.8. The SMILES string of the molecule is CCOC(=O)c1ccc2c(c1)C1=CC=CCN1N=C2. The van der Waals surface area contributed by atoms with Crippen LogP contribution in [0.1, 0.15) is 28.4 Å². The maximum Gasteiger partial charge on any atom is 0.338 e. The highest BCUT2D eigenvalue weighted by atomic mass is 16.5. The first-order valence-electron chi connectivity index (χ1n) is 6.29. The van der Waals surface area contributed by atoms with Crippen molar-refractivity contribution in [2.75, 3.05) is 13.2 Å². The van der Waals surface area contributed by atoms with Crippen LogP contribution in [0.3, 0.4) is 0 Å². The lowest BCUT2D eigenvalue weighted by molar-refractivity contribution is 0.0526. The highest BCUT2D eigenvalue weighted by Crippen LogP contribution is 2.29. The van der Waals surface area contributed by atoms with Gasteiger partial charge in [-0.15, -0.1) is 0 Å². The van der Waals surface area contributed by atoms with E-state index in [4.69, 9.17) is 4.74 Å². The minimum absolute atomic E-state index is 0.286. The summed E-state index contributed by atoms with van der Waals surface area (Å²) in [4.78, 5) is 11.8. The number of rotatable bonds is 2. The molecule has 1 aromatic carbocycles. The van der Waals surface area contributed by atoms with Crippen molar-refractivity contribution in [3.05, 3.63) is 53.1 Å². The van der Waals surface area contributed by atoms with Gasteiger partial charge in [0, 0.05) is 11.1 Å². The van der Waals surface area contributed by atoms with Crippen LogP contribution in [0.15, 0.2) is 41.5 Å². The quantitative estimate of drug-likeness (QED) is 0.761. The van der Waals surface area contributed by atoms with Gasteiger partial charge in [-0.2, -0.15) is 5.10 Å². The topological polar surface area (TPSA) is 41.9 Å². The second kappa shape index (κ2) is 4.72. The third-order valence-corrected chi connectivity index (χ3v) is 3.12. The summed E-state index contributed by atoms with van der Waals surface area (Å²) in [5, 5.41) is 6.29. The number of carbonyl (C=O) groups is 1. The molecule has 4 nitrogen and oxygen atoms in total. The van der Waals surface area contributed by atoms with Crippen LogP contribution in [-0.2, 0) is 4.74 Å². The molecular weight excluding hydrogens is 240 g/mol. The number of nitrogens with zero attached hydrogens (tertiary/aromatic N) is 2. The Bertz CT molecular complexity index is 615. The fraction of sp³-hybridized carbons (Fsp3) is 0.200. The largest absolute Gasteiger partial charge is 0.462 e. The Hall–Kier alpha value is -2.36. The van der Waals surface area contributed by atoms with Crippen molar-refractivity contribution in [2.45, 2.75) is 6.92 Å². The summed E-state index contributed by atoms with van der Waals surface area (Å²) in [6, 6.07) is 5.55. The Kier molecular flexibility index (Phi) is 2.91. The molecule has 0 N–H and O–H groups in total. The number of allylic oxidation sites excluding steroid dienone is 2. The van der Waals surface area contributed by atoms with Crippen molar-refractivity contribution in [2.24, 2.45) is 5.10 Å². The Balaban J connectivity index is 2.04. The van der Waals surface area contributed by atoms with Gasteiger partial charge in [0.2, 0.25) is 0 Å². The summed E-state index contributed by atoms with van der Waals surface area (Å²) in [5.41, 5.74) is 3.63. The van der Waals surface area contributed by atoms with Crippen LogP contribution < -0.4 is 0 Å². The summed E-state index contributed by atoms with van der Waals surface area (Å²) in [6.07, 6.45) is 7.88. The zero-order valence-corrected chi connectivity index (χ0v) is 10.7. The summed E-state index contributed by atoms with van der Waals surface area (Å²) in [5.74, 6) is -0.286. The van der Waals surface area contributed by atoms with Crippen LogP contribution in [-0.4, -0.2) is 30.3 Å². The molecule has 0 bridgehead atoms. The normalized spacial score (nSPS) is 15.6. The van der Waals surface area contributed by atoms with Crippen molar-refractivity contribution >= 4 is 17.9 Å². The molecule has 2 aliphatic heterocycles. The fourth-order valence-corrected chi connectivity index (χ4v) is 2.21. The van der Waals surface area contributed by atoms with E-state index < -0.39 is 0 Å². The lowest BCUT2D eigenvalue weighted by Gasteiger charge is -2.27. The Morgan fingerprint density at radius 1 is 1.47 bits per heavy atom. The van der Waals surface area contributed by atoms with Crippen LogP contribution in [0.25, 0.3) is 5.70 Å². The van der Waals surface area contributed by atoms with E-state index in [1.807, 2.05) is 41.6 Å². The molecule has 0 saturated carbocycles. The van der Waals surface area contributed by atoms with Crippen molar-refractivity contribution < 1.29 is 9.53 Å². The molecule has 0 spiro atoms. The highest BCUT2D eigenvalue weighted by Gasteiger charge is 2.20. The Morgan fingerprint density at radius 2 is 2.37 bits per heavy atom. The van der Waals surface area contributed by atoms with Gasteiger partial charge in [0.05, 0.1) is 30.6 Å². The summed E-state index contributed by atoms with van der Waals surface area (Å²) in [6.45, 7) is 2.94. The monoisotopic (exact) mass is 254 g/mol. The van der Waals surface area contributed by atoms with Crippen molar-refractivity contribution in [3.8, 4) is 0 Å². The van der Waals surface area contributed by atoms with Crippen LogP contribution in [0, 0.1) is 0 Å². The van der Waals surface area contributed by atoms with Gasteiger partial charge in [-0.25, -0.2) is 4.79 Å². The van der Waals surface area contributed by atoms with Crippen LogP contribution in [0.2, 0.25) is 0 Å². The van der Waals surface area contributed by atoms with Gasteiger partial charge in [-0.05, 0) is 25.1 Å². The summed E-state index contributed by atoms with van der Waals surface area (Å²) in [7, 11) is 0. The van der Waals surface area contributed by atoms with E-state index in [2.05, 4.69) is 5.10 Å². The molecule has 0 saturated heterocycles. The van der Waals surface area contributed by atoms with Gasteiger partial charge in [-0.3, -0.25) is 5.01 Å². The summed E-state index contributed by atoms with van der Waals surface area (Å²) >= 11 is 0. The number of ether oxygens (including phenoxy) is 1. The molecule has 0 radical (unpaired) electrons. The minimum atomic E-state index is -0.286. The number of fused-ring (bicyclic) bond motifs is 3. The zero-order chi connectivity index (χ0) is 13.2. The molecule has 2 aliphatic rings. The molecule has 1 aromatic rings. The van der Waals surface area contributed by atoms with Gasteiger partial charge in [0.15, 0.2) is 0 Å². The third kappa shape index (κ3) is 2.05. The van der Waals surface area contributed by atoms with E-state index in [9.17, 15) is 4.79 Å². The van der Waals surface area contributed by atoms with Crippen molar-refractivity contribution in [3.63, 3.8) is 0 Å². The zero-order valence-electron chi connectivity index (χ0n) is 10.7. The molecule has 96 valence electrons. The first-order valence-corrected chi connectivity index (χ1v) is 6.29. The van der Waals surface area contributed by atoms with E-state index in [1.165, 1.54) is 0 Å². The molecule has 19 heavy (non-hydrogen) atoms. The van der Waals surface area contributed by atoms with Gasteiger partial charge in [0.25, 0.3) is 0 Å². The van der Waals surface area contributed by atoms with Gasteiger partial charge < -0.3 is 4.74 Å². The van der Waals surface area contributed by atoms with Crippen LogP contribution in [0.4, 0.5) is 0 Å². The third-order valence-electron chi connectivity index (χ3n) is 3.12. The molecule has 0 amide bonds. The second-order valence-corrected chi connectivity index (χ2v) is 4.33. The van der Waals surface area contributed by atoms with E-state index in [-0.39, 0.29) is 5.97 Å². The molecule has 4 heteroatoms. The predicted molar refractivity (Wildman–Crippen MR) is 73.8 cm³/mol. The Morgan fingerprint density at radius 3 is 3.21 bits per heavy atom. The Labute approximate surface area is 111 Å². The number of esters is 1. The lowest BCUT2D eigenvalue weighted by atomic mass is 9.99. The number of carbonyl (C=O) groups excluding carboxylic acids is 1. The number of hydrazone groups is 1. The molecule has 0 atom stereocenters. The predicted octanol–water partition coefficient (Wildman–Crippen LogP) is 2.42. The number of benzene rings is 1. The average molecular weight is 254 g/mol. The van der Waals surface area contributed by atoms with E-state index in [1.54, 1.807) is 13.0 Å². The first-order chi connectivity index (χ1) is 9.29. The first kappa shape index (κ1) is 11.7. The molecule has 0 unspecified atom stereocenters. The maximum atomic E-state index is 11.8. The number of hydrogen-bond acceptors (Lipinski definition) is 4. The van der Waals surface area contributed by atoms with Crippen LogP contribution >= 0.6 is 0 Å². The van der Waals surface area contributed by atoms with Gasteiger partial charge in [0.1, 0.15) is 0 Å². The molecule has 0 aromatic heterocycles. The van der Waals surface area contributed by atoms with Crippen molar-refractivity contribution in [1.29, 1.82) is 0 Å². The fourth-order valence-electron chi connectivity index (χ4n) is 2.21. The average Bonchev–Trinajstić information content (AvgIpc) is 2.47. The smallest absolute Gasteiger partial charge is 0.338 e. The van der Waals surface area contributed by atoms with Gasteiger partial charge in [-0.1, -0.05) is 18.2 Å². The molecule has 0 aliphatic carbocycles. The number of hydrogen-bond donors (Lipinski definition) is 0. The minimum Gasteiger partial charge on any atom is -0.462 e. The molecule has 0 fully saturated rings. The molecule has 3 rings (SSSR count). The summed E-state index contributed by atoms with van der Waals surface area (Å²) < 4.78 is 5.04. The van der Waals surface area contributed by atoms with E-state index >= 15 is 0 Å². The molecule has 2 heterocycles. The van der Waals surface area contributed by atoms with E-state index in [0.29, 0.717) is 12.2 Å². The highest BCUT2D eigenvalue weighted by molar-refractivity contribution is 5.96. The van der Waals surface area contributed by atoms with Gasteiger partial charge >= 0.3 is 5.97 Å². The lowest BCUT2D eigenvalue weighted by Crippen LogP contribution is -2.23. The van der Waals surface area contributed by atoms with E-state index in [0.717, 1.165) is 23.4 Å². The second-order valence-electron chi connectivity index (χ2n) is 4.33. The molecular formula is C15H14N2O2. The standard InChI is InChI=1S/C15H14N2O2/c1-2-19-15(18)11-6-7-12-10-16-17-8-4-3-5-14(17)13(12)9-11/h3-7,9-10H,2,8H2,1H3. The van der Waals surface area contributed by atoms with Crippen LogP contribution in [0.5, 0.6) is 0 Å².